The molecule has 0 spiro atoms. The fourth-order valence-corrected chi connectivity index (χ4v) is 3.79. The molecule has 0 aromatic heterocycles. The van der Waals surface area contributed by atoms with Crippen LogP contribution in [0.4, 0.5) is 0 Å². The maximum atomic E-state index is 12.5. The van der Waals surface area contributed by atoms with Crippen molar-refractivity contribution in [3.05, 3.63) is 0 Å². The van der Waals surface area contributed by atoms with E-state index in [1.54, 1.807) is 0 Å². The van der Waals surface area contributed by atoms with Crippen LogP contribution in [0.2, 0.25) is 0 Å². The van der Waals surface area contributed by atoms with E-state index in [2.05, 4.69) is 33.4 Å². The Morgan fingerprint density at radius 2 is 1.69 bits per heavy atom. The van der Waals surface area contributed by atoms with Crippen LogP contribution in [-0.2, 0) is 14.4 Å². The number of unbranched alkanes of at least 4 members (excludes halogenated alkanes) is 2. The summed E-state index contributed by atoms with van der Waals surface area (Å²) < 4.78 is 0. The standard InChI is InChI=1S/C19H36BN5O3S/c1-25(12-6-2-3-9-17(26)22-11-14-29)13-10-23-18(27)15-7-4-5-8-16(15)19(28)24-20-21/h15-16,21,29H,2-14H2,1H3,(H,22,26)(H,23,27)(H,24,28)/t15-,16+/m0/s1. The number of carbonyl (C=O) groups excluding carboxylic acids is 3. The summed E-state index contributed by atoms with van der Waals surface area (Å²) in [5.41, 5.74) is 0. The third kappa shape index (κ3) is 10.8. The zero-order valence-electron chi connectivity index (χ0n) is 17.5. The summed E-state index contributed by atoms with van der Waals surface area (Å²) in [5, 5.41) is 15.2. The quantitative estimate of drug-likeness (QED) is 0.162. The minimum absolute atomic E-state index is 0.0598. The number of rotatable bonds is 14. The molecule has 0 unspecified atom stereocenters. The van der Waals surface area contributed by atoms with Crippen LogP contribution >= 0.6 is 12.6 Å². The number of hydrogen-bond acceptors (Lipinski definition) is 6. The van der Waals surface area contributed by atoms with Gasteiger partial charge in [-0.15, -0.1) is 0 Å². The van der Waals surface area contributed by atoms with Crippen molar-refractivity contribution in [3.63, 3.8) is 0 Å². The summed E-state index contributed by atoms with van der Waals surface area (Å²) in [4.78, 5) is 38.3. The Kier molecular flexibility index (Phi) is 13.6. The fraction of sp³-hybridized carbons (Fsp3) is 0.842. The Morgan fingerprint density at radius 1 is 1.00 bits per heavy atom. The summed E-state index contributed by atoms with van der Waals surface area (Å²) in [6.07, 6.45) is 6.77. The van der Waals surface area contributed by atoms with Gasteiger partial charge < -0.3 is 5.32 Å². The van der Waals surface area contributed by atoms with Gasteiger partial charge in [0.2, 0.25) is 5.91 Å². The molecular formula is C19H36BN5O3S. The van der Waals surface area contributed by atoms with Crippen LogP contribution < -0.4 is 15.9 Å². The molecule has 10 heteroatoms. The van der Waals surface area contributed by atoms with Gasteiger partial charge in [0.25, 0.3) is 0 Å². The molecular weight excluding hydrogens is 389 g/mol. The topological polar surface area (TPSA) is 114 Å². The van der Waals surface area contributed by atoms with Crippen molar-refractivity contribution >= 4 is 37.6 Å². The molecule has 4 N–H and O–H groups in total. The number of nitrogens with one attached hydrogen (secondary N) is 4. The molecule has 1 aliphatic rings. The van der Waals surface area contributed by atoms with Crippen LogP contribution in [0.25, 0.3) is 0 Å². The molecule has 0 aromatic rings. The summed E-state index contributed by atoms with van der Waals surface area (Å²) in [7, 11) is 2.90. The molecule has 0 aromatic carbocycles. The summed E-state index contributed by atoms with van der Waals surface area (Å²) in [6, 6.07) is 0. The third-order valence-electron chi connectivity index (χ3n) is 5.32. The zero-order valence-corrected chi connectivity index (χ0v) is 18.4. The van der Waals surface area contributed by atoms with Crippen LogP contribution in [0.5, 0.6) is 0 Å². The monoisotopic (exact) mass is 425 g/mol. The maximum absolute atomic E-state index is 12.5. The van der Waals surface area contributed by atoms with Crippen LogP contribution in [-0.4, -0.2) is 68.8 Å². The van der Waals surface area contributed by atoms with Crippen molar-refractivity contribution in [2.45, 2.75) is 51.4 Å². The van der Waals surface area contributed by atoms with Crippen molar-refractivity contribution in [2.75, 3.05) is 39.0 Å². The van der Waals surface area contributed by atoms with E-state index in [0.29, 0.717) is 31.7 Å². The van der Waals surface area contributed by atoms with Gasteiger partial charge in [0.1, 0.15) is 0 Å². The molecule has 3 amide bonds. The molecule has 0 radical (unpaired) electrons. The molecule has 0 aliphatic heterocycles. The number of amides is 3. The van der Waals surface area contributed by atoms with Gasteiger partial charge in [-0.1, -0.05) is 0 Å². The molecule has 0 saturated heterocycles. The molecule has 8 nitrogen and oxygen atoms in total. The van der Waals surface area contributed by atoms with Crippen LogP contribution in [0, 0.1) is 17.1 Å². The Hall–Kier alpha value is -1.42. The van der Waals surface area contributed by atoms with Crippen molar-refractivity contribution in [3.8, 4) is 0 Å². The Morgan fingerprint density at radius 3 is 2.34 bits per heavy atom. The minimum atomic E-state index is -0.340. The Labute approximate surface area is 180 Å². The van der Waals surface area contributed by atoms with Gasteiger partial charge in [0.05, 0.1) is 0 Å². The van der Waals surface area contributed by atoms with E-state index in [4.69, 9.17) is 5.31 Å². The molecule has 0 heterocycles. The first-order chi connectivity index (χ1) is 14.0. The number of thiol groups is 1. The predicted molar refractivity (Wildman–Crippen MR) is 118 cm³/mol. The second kappa shape index (κ2) is 15.4. The van der Waals surface area contributed by atoms with E-state index in [-0.39, 0.29) is 29.6 Å². The number of carbonyl (C=O) groups is 3. The van der Waals surface area contributed by atoms with Crippen LogP contribution in [0.1, 0.15) is 51.4 Å². The van der Waals surface area contributed by atoms with Gasteiger partial charge in [-0.05, 0) is 6.42 Å². The predicted octanol–water partition coefficient (Wildman–Crippen LogP) is 0.945. The van der Waals surface area contributed by atoms with Gasteiger partial charge in [0, 0.05) is 18.7 Å². The van der Waals surface area contributed by atoms with Gasteiger partial charge in [-0.25, -0.2) is 0 Å². The average Bonchev–Trinajstić information content (AvgIpc) is 2.72. The molecule has 164 valence electrons. The summed E-state index contributed by atoms with van der Waals surface area (Å²) in [6.45, 7) is 2.84. The Bertz CT molecular complexity index is 538. The zero-order chi connectivity index (χ0) is 21.5. The van der Waals surface area contributed by atoms with Crippen molar-refractivity contribution < 1.29 is 14.4 Å². The summed E-state index contributed by atoms with van der Waals surface area (Å²) in [5.74, 6) is -0.182. The number of nitrogens with zero attached hydrogens (tertiary/aromatic N) is 1. The van der Waals surface area contributed by atoms with Crippen molar-refractivity contribution in [1.29, 1.82) is 5.31 Å². The Balaban J connectivity index is 2.18. The number of hydrogen-bond donors (Lipinski definition) is 5. The average molecular weight is 425 g/mol. The van der Waals surface area contributed by atoms with Crippen molar-refractivity contribution in [2.24, 2.45) is 11.8 Å². The molecule has 0 bridgehead atoms. The molecule has 29 heavy (non-hydrogen) atoms. The van der Waals surface area contributed by atoms with Crippen LogP contribution in [0.15, 0.2) is 0 Å². The first-order valence-corrected chi connectivity index (χ1v) is 11.3. The van der Waals surface area contributed by atoms with E-state index >= 15 is 0 Å². The van der Waals surface area contributed by atoms with E-state index in [1.807, 2.05) is 7.05 Å². The molecule has 2 atom stereocenters. The third-order valence-corrected chi connectivity index (χ3v) is 5.55. The first kappa shape index (κ1) is 25.6. The van der Waals surface area contributed by atoms with E-state index in [0.717, 1.165) is 58.8 Å². The summed E-state index contributed by atoms with van der Waals surface area (Å²) >= 11 is 4.06. The van der Waals surface area contributed by atoms with Gasteiger partial charge in [-0.2, -0.15) is 12.6 Å². The molecule has 1 saturated carbocycles. The van der Waals surface area contributed by atoms with Gasteiger partial charge >= 0.3 is 126 Å². The molecule has 1 rings (SSSR count). The first-order valence-electron chi connectivity index (χ1n) is 10.6. The second-order valence-electron chi connectivity index (χ2n) is 7.63. The van der Waals surface area contributed by atoms with Gasteiger partial charge in [-0.3, -0.25) is 4.79 Å². The van der Waals surface area contributed by atoms with Crippen LogP contribution in [0.3, 0.4) is 0 Å². The van der Waals surface area contributed by atoms with E-state index in [9.17, 15) is 14.4 Å². The SMILES string of the molecule is CN(CCCCCC(=O)NCCS)CCNC(=O)[C@H]1CCCC[C@H]1C(=O)NB=N. The van der Waals surface area contributed by atoms with E-state index in [1.165, 1.54) is 0 Å². The second-order valence-corrected chi connectivity index (χ2v) is 8.08. The molecule has 1 fully saturated rings. The van der Waals surface area contributed by atoms with E-state index < -0.39 is 0 Å². The van der Waals surface area contributed by atoms with Gasteiger partial charge in [0.15, 0.2) is 0 Å². The molecule has 1 aliphatic carbocycles. The normalized spacial score (nSPS) is 18.7. The number of likely N-dealkylation sites (N-methyl/N-ethyl adjacent to an activating group) is 1. The van der Waals surface area contributed by atoms with Crippen molar-refractivity contribution in [1.82, 2.24) is 20.8 Å². The fourth-order valence-electron chi connectivity index (χ4n) is 3.68.